The number of rotatable bonds is 12. The van der Waals surface area contributed by atoms with E-state index >= 15 is 0 Å². The minimum atomic E-state index is -0.900. The average Bonchev–Trinajstić information content (AvgIpc) is 2.43. The maximum atomic E-state index is 11.8. The van der Waals surface area contributed by atoms with Crippen LogP contribution in [0.2, 0.25) is 0 Å². The van der Waals surface area contributed by atoms with E-state index < -0.39 is 11.4 Å². The molecule has 0 aliphatic carbocycles. The fourth-order valence-electron chi connectivity index (χ4n) is 2.20. The summed E-state index contributed by atoms with van der Waals surface area (Å²) in [5.74, 6) is 0.190. The highest BCUT2D eigenvalue weighted by Gasteiger charge is 2.36. The van der Waals surface area contributed by atoms with Crippen molar-refractivity contribution in [2.24, 2.45) is 5.41 Å². The van der Waals surface area contributed by atoms with Crippen LogP contribution in [0.3, 0.4) is 0 Å². The predicted octanol–water partition coefficient (Wildman–Crippen LogP) is 3.31. The van der Waals surface area contributed by atoms with Crippen molar-refractivity contribution in [2.75, 3.05) is 18.6 Å². The molecule has 0 saturated carbocycles. The van der Waals surface area contributed by atoms with Crippen molar-refractivity contribution in [2.45, 2.75) is 58.8 Å². The number of thioether (sulfide) groups is 1. The molecule has 0 rings (SSSR count). The summed E-state index contributed by atoms with van der Waals surface area (Å²) < 4.78 is 0. The fraction of sp³-hybridized carbons (Fsp3) is 0.867. The molecule has 2 N–H and O–H groups in total. The lowest BCUT2D eigenvalue weighted by molar-refractivity contribution is -0.152. The molecule has 0 aromatic rings. The Hall–Kier alpha value is -0.710. The van der Waals surface area contributed by atoms with Crippen LogP contribution < -0.4 is 5.32 Å². The number of carbonyl (C=O) groups is 2. The van der Waals surface area contributed by atoms with E-state index in [2.05, 4.69) is 11.6 Å². The molecule has 118 valence electrons. The number of carboxylic acid groups (broad SMARTS) is 1. The van der Waals surface area contributed by atoms with Gasteiger partial charge in [-0.15, -0.1) is 0 Å². The second-order valence-electron chi connectivity index (χ2n) is 5.23. The van der Waals surface area contributed by atoms with E-state index in [0.29, 0.717) is 19.4 Å². The molecule has 0 atom stereocenters. The van der Waals surface area contributed by atoms with Gasteiger partial charge in [-0.1, -0.05) is 26.7 Å². The second-order valence-corrected chi connectivity index (χ2v) is 6.21. The van der Waals surface area contributed by atoms with Crippen LogP contribution in [0.25, 0.3) is 0 Å². The normalized spacial score (nSPS) is 11.3. The molecule has 20 heavy (non-hydrogen) atoms. The highest BCUT2D eigenvalue weighted by atomic mass is 32.2. The van der Waals surface area contributed by atoms with Gasteiger partial charge in [0.15, 0.2) is 0 Å². The van der Waals surface area contributed by atoms with Crippen LogP contribution in [0.1, 0.15) is 58.8 Å². The number of carboxylic acids is 1. The van der Waals surface area contributed by atoms with Crippen LogP contribution in [-0.4, -0.2) is 35.5 Å². The number of hydrogen-bond acceptors (Lipinski definition) is 3. The number of aliphatic carboxylic acids is 1. The molecule has 0 aliphatic rings. The lowest BCUT2D eigenvalue weighted by Gasteiger charge is -2.25. The van der Waals surface area contributed by atoms with Gasteiger partial charge < -0.3 is 10.4 Å². The topological polar surface area (TPSA) is 66.4 Å². The Morgan fingerprint density at radius 3 is 2.20 bits per heavy atom. The van der Waals surface area contributed by atoms with Gasteiger partial charge in [0.05, 0.1) is 5.41 Å². The average molecular weight is 303 g/mol. The highest BCUT2D eigenvalue weighted by Crippen LogP contribution is 2.30. The Morgan fingerprint density at radius 2 is 1.70 bits per heavy atom. The SMILES string of the molecule is CCC(CC)(CC(=O)NCCCCCCSC)C(=O)O. The van der Waals surface area contributed by atoms with Crippen LogP contribution in [0.15, 0.2) is 0 Å². The first-order chi connectivity index (χ1) is 9.52. The first-order valence-corrected chi connectivity index (χ1v) is 8.90. The molecular formula is C15H29NO3S. The maximum absolute atomic E-state index is 11.8. The van der Waals surface area contributed by atoms with E-state index in [9.17, 15) is 14.7 Å². The van der Waals surface area contributed by atoms with Crippen LogP contribution in [0.4, 0.5) is 0 Å². The quantitative estimate of drug-likeness (QED) is 0.543. The number of hydrogen-bond donors (Lipinski definition) is 2. The van der Waals surface area contributed by atoms with Gasteiger partial charge in [-0.3, -0.25) is 9.59 Å². The Balaban J connectivity index is 3.89. The third-order valence-electron chi connectivity index (χ3n) is 3.90. The van der Waals surface area contributed by atoms with E-state index in [-0.39, 0.29) is 12.3 Å². The first kappa shape index (κ1) is 19.3. The van der Waals surface area contributed by atoms with Gasteiger partial charge in [0.25, 0.3) is 0 Å². The largest absolute Gasteiger partial charge is 0.481 e. The molecule has 0 unspecified atom stereocenters. The summed E-state index contributed by atoms with van der Waals surface area (Å²) in [7, 11) is 0. The lowest BCUT2D eigenvalue weighted by atomic mass is 9.79. The fourth-order valence-corrected chi connectivity index (χ4v) is 2.69. The number of nitrogens with one attached hydrogen (secondary N) is 1. The first-order valence-electron chi connectivity index (χ1n) is 7.51. The lowest BCUT2D eigenvalue weighted by Crippen LogP contribution is -2.37. The molecule has 0 saturated heterocycles. The highest BCUT2D eigenvalue weighted by molar-refractivity contribution is 7.98. The Labute approximate surface area is 127 Å². The summed E-state index contributed by atoms with van der Waals surface area (Å²) in [6, 6.07) is 0. The zero-order valence-electron chi connectivity index (χ0n) is 13.0. The summed E-state index contributed by atoms with van der Waals surface area (Å²) in [5.41, 5.74) is -0.900. The summed E-state index contributed by atoms with van der Waals surface area (Å²) in [6.45, 7) is 4.31. The predicted molar refractivity (Wildman–Crippen MR) is 85.1 cm³/mol. The molecule has 0 fully saturated rings. The third kappa shape index (κ3) is 7.17. The Bertz CT molecular complexity index is 291. The maximum Gasteiger partial charge on any atom is 0.310 e. The molecular weight excluding hydrogens is 274 g/mol. The van der Waals surface area contributed by atoms with Crippen molar-refractivity contribution in [3.63, 3.8) is 0 Å². The monoisotopic (exact) mass is 303 g/mol. The molecule has 0 aliphatic heterocycles. The zero-order valence-corrected chi connectivity index (χ0v) is 13.9. The minimum absolute atomic E-state index is 0.0851. The number of carbonyl (C=O) groups excluding carboxylic acids is 1. The van der Waals surface area contributed by atoms with Gasteiger partial charge in [-0.2, -0.15) is 11.8 Å². The zero-order chi connectivity index (χ0) is 15.4. The van der Waals surface area contributed by atoms with E-state index in [4.69, 9.17) is 0 Å². The van der Waals surface area contributed by atoms with Gasteiger partial charge in [-0.25, -0.2) is 0 Å². The van der Waals surface area contributed by atoms with Crippen LogP contribution in [0, 0.1) is 5.41 Å². The third-order valence-corrected chi connectivity index (χ3v) is 4.60. The molecule has 0 spiro atoms. The van der Waals surface area contributed by atoms with E-state index in [0.717, 1.165) is 12.8 Å². The van der Waals surface area contributed by atoms with E-state index in [1.165, 1.54) is 18.6 Å². The standard InChI is InChI=1S/C15H29NO3S/c1-4-15(5-2,14(18)19)12-13(17)16-10-8-6-7-9-11-20-3/h4-12H2,1-3H3,(H,16,17)(H,18,19). The number of amides is 1. The van der Waals surface area contributed by atoms with Crippen molar-refractivity contribution in [1.29, 1.82) is 0 Å². The minimum Gasteiger partial charge on any atom is -0.481 e. The molecule has 1 amide bonds. The molecule has 0 bridgehead atoms. The summed E-state index contributed by atoms with van der Waals surface area (Å²) in [5, 5.41) is 12.1. The van der Waals surface area contributed by atoms with Crippen LogP contribution in [0.5, 0.6) is 0 Å². The molecule has 5 heteroatoms. The van der Waals surface area contributed by atoms with E-state index in [1.807, 2.05) is 25.6 Å². The molecule has 0 radical (unpaired) electrons. The molecule has 0 aromatic carbocycles. The Morgan fingerprint density at radius 1 is 1.10 bits per heavy atom. The van der Waals surface area contributed by atoms with Crippen molar-refractivity contribution in [3.8, 4) is 0 Å². The number of unbranched alkanes of at least 4 members (excludes halogenated alkanes) is 3. The van der Waals surface area contributed by atoms with Gasteiger partial charge in [0.2, 0.25) is 5.91 Å². The van der Waals surface area contributed by atoms with Gasteiger partial charge in [0, 0.05) is 13.0 Å². The molecule has 4 nitrogen and oxygen atoms in total. The summed E-state index contributed by atoms with van der Waals surface area (Å²) in [6.07, 6.45) is 7.67. The van der Waals surface area contributed by atoms with Gasteiger partial charge in [-0.05, 0) is 37.7 Å². The van der Waals surface area contributed by atoms with E-state index in [1.54, 1.807) is 0 Å². The van der Waals surface area contributed by atoms with Crippen molar-refractivity contribution < 1.29 is 14.7 Å². The Kier molecular flexibility index (Phi) is 10.6. The smallest absolute Gasteiger partial charge is 0.310 e. The summed E-state index contributed by atoms with van der Waals surface area (Å²) >= 11 is 1.86. The van der Waals surface area contributed by atoms with Crippen LogP contribution in [-0.2, 0) is 9.59 Å². The van der Waals surface area contributed by atoms with Gasteiger partial charge in [0.1, 0.15) is 0 Å². The summed E-state index contributed by atoms with van der Waals surface area (Å²) in [4.78, 5) is 23.2. The molecule has 0 heterocycles. The molecule has 0 aromatic heterocycles. The van der Waals surface area contributed by atoms with Crippen LogP contribution >= 0.6 is 11.8 Å². The second kappa shape index (κ2) is 11.0. The van der Waals surface area contributed by atoms with Crippen molar-refractivity contribution in [1.82, 2.24) is 5.32 Å². The van der Waals surface area contributed by atoms with Gasteiger partial charge >= 0.3 is 5.97 Å². The van der Waals surface area contributed by atoms with Crippen molar-refractivity contribution >= 4 is 23.6 Å². The van der Waals surface area contributed by atoms with Crippen molar-refractivity contribution in [3.05, 3.63) is 0 Å².